The summed E-state index contributed by atoms with van der Waals surface area (Å²) in [7, 11) is 5.92. The largest absolute Gasteiger partial charge is 0.0768 e. The Morgan fingerprint density at radius 2 is 1.82 bits per heavy atom. The van der Waals surface area contributed by atoms with Crippen molar-refractivity contribution >= 4 is 7.85 Å². The molecule has 1 rings (SSSR count). The summed E-state index contributed by atoms with van der Waals surface area (Å²) in [6, 6.07) is 0. The van der Waals surface area contributed by atoms with Crippen molar-refractivity contribution in [3.63, 3.8) is 0 Å². The molecule has 0 saturated heterocycles. The van der Waals surface area contributed by atoms with E-state index in [4.69, 9.17) is 7.85 Å². The lowest BCUT2D eigenvalue weighted by Gasteiger charge is -2.16. The zero-order chi connectivity index (χ0) is 8.27. The molecule has 0 N–H and O–H groups in total. The van der Waals surface area contributed by atoms with Gasteiger partial charge >= 0.3 is 0 Å². The molecule has 3 atom stereocenters. The van der Waals surface area contributed by atoms with Gasteiger partial charge in [0, 0.05) is 0 Å². The van der Waals surface area contributed by atoms with Gasteiger partial charge in [0.2, 0.25) is 0 Å². The van der Waals surface area contributed by atoms with E-state index >= 15 is 0 Å². The molecule has 0 unspecified atom stereocenters. The third kappa shape index (κ3) is 2.25. The van der Waals surface area contributed by atoms with Crippen molar-refractivity contribution in [3.8, 4) is 0 Å². The molecule has 0 nitrogen and oxygen atoms in total. The number of hydrogen-bond donors (Lipinski definition) is 0. The van der Waals surface area contributed by atoms with Crippen molar-refractivity contribution in [2.75, 3.05) is 0 Å². The van der Waals surface area contributed by atoms with Crippen molar-refractivity contribution in [3.05, 3.63) is 0 Å². The highest BCUT2D eigenvalue weighted by molar-refractivity contribution is 6.11. The van der Waals surface area contributed by atoms with Gasteiger partial charge in [-0.1, -0.05) is 51.8 Å². The van der Waals surface area contributed by atoms with Gasteiger partial charge in [0.15, 0.2) is 0 Å². The fraction of sp³-hybridized carbons (Fsp3) is 1.00. The molecular weight excluding hydrogens is 131 g/mol. The zero-order valence-corrected chi connectivity index (χ0v) is 7.84. The molecule has 1 saturated carbocycles. The Kier molecular flexibility index (Phi) is 3.48. The lowest BCUT2D eigenvalue weighted by Crippen LogP contribution is -2.05. The molecular formula is C10H19B. The molecule has 1 heteroatoms. The molecule has 1 aliphatic rings. The molecule has 0 spiro atoms. The Labute approximate surface area is 72.2 Å². The zero-order valence-electron chi connectivity index (χ0n) is 7.84. The van der Waals surface area contributed by atoms with Crippen LogP contribution in [0.3, 0.4) is 0 Å². The standard InChI is InChI=1S/C10H19B/c1-3-5-9-7-10(11)6-8(9)4-2/h8-10H,3-7H2,1-2H3/t8-,9+,10+/m1/s1. The van der Waals surface area contributed by atoms with Crippen LogP contribution in [0, 0.1) is 11.8 Å². The summed E-state index contributed by atoms with van der Waals surface area (Å²) in [5.41, 5.74) is 0. The molecule has 11 heavy (non-hydrogen) atoms. The Hall–Kier alpha value is 0.0649. The lowest BCUT2D eigenvalue weighted by atomic mass is 9.85. The van der Waals surface area contributed by atoms with E-state index < -0.39 is 0 Å². The highest BCUT2D eigenvalue weighted by Crippen LogP contribution is 2.42. The minimum Gasteiger partial charge on any atom is -0.0768 e. The van der Waals surface area contributed by atoms with Crippen LogP contribution in [-0.4, -0.2) is 7.85 Å². The van der Waals surface area contributed by atoms with Crippen LogP contribution in [0.15, 0.2) is 0 Å². The molecule has 0 aromatic rings. The summed E-state index contributed by atoms with van der Waals surface area (Å²) in [6.45, 7) is 4.57. The van der Waals surface area contributed by atoms with Gasteiger partial charge in [-0.25, -0.2) is 0 Å². The van der Waals surface area contributed by atoms with Crippen LogP contribution in [0.5, 0.6) is 0 Å². The van der Waals surface area contributed by atoms with Gasteiger partial charge in [0.25, 0.3) is 0 Å². The summed E-state index contributed by atoms with van der Waals surface area (Å²) in [5, 5.41) is 0. The minimum absolute atomic E-state index is 0.511. The van der Waals surface area contributed by atoms with Crippen molar-refractivity contribution in [2.24, 2.45) is 11.8 Å². The van der Waals surface area contributed by atoms with E-state index in [2.05, 4.69) is 13.8 Å². The molecule has 1 aliphatic carbocycles. The normalized spacial score (nSPS) is 37.8. The molecule has 0 bridgehead atoms. The van der Waals surface area contributed by atoms with Crippen molar-refractivity contribution in [1.29, 1.82) is 0 Å². The highest BCUT2D eigenvalue weighted by atomic mass is 14.3. The number of rotatable bonds is 3. The van der Waals surface area contributed by atoms with Gasteiger partial charge in [-0.2, -0.15) is 0 Å². The molecule has 2 radical (unpaired) electrons. The predicted molar refractivity (Wildman–Crippen MR) is 50.9 cm³/mol. The Morgan fingerprint density at radius 3 is 2.36 bits per heavy atom. The van der Waals surface area contributed by atoms with Crippen LogP contribution in [0.2, 0.25) is 5.82 Å². The Bertz CT molecular complexity index is 111. The van der Waals surface area contributed by atoms with E-state index in [0.29, 0.717) is 5.82 Å². The van der Waals surface area contributed by atoms with Crippen molar-refractivity contribution < 1.29 is 0 Å². The molecule has 0 amide bonds. The third-order valence-corrected chi connectivity index (χ3v) is 3.06. The van der Waals surface area contributed by atoms with Crippen LogP contribution < -0.4 is 0 Å². The van der Waals surface area contributed by atoms with E-state index in [-0.39, 0.29) is 0 Å². The summed E-state index contributed by atoms with van der Waals surface area (Å²) < 4.78 is 0. The Morgan fingerprint density at radius 1 is 1.18 bits per heavy atom. The average molecular weight is 150 g/mol. The maximum absolute atomic E-state index is 5.92. The molecule has 0 heterocycles. The summed E-state index contributed by atoms with van der Waals surface area (Å²) in [4.78, 5) is 0. The molecule has 0 aliphatic heterocycles. The van der Waals surface area contributed by atoms with Gasteiger partial charge < -0.3 is 0 Å². The first-order chi connectivity index (χ1) is 5.27. The maximum atomic E-state index is 5.92. The highest BCUT2D eigenvalue weighted by Gasteiger charge is 2.28. The van der Waals surface area contributed by atoms with Crippen molar-refractivity contribution in [2.45, 2.75) is 51.8 Å². The Balaban J connectivity index is 2.37. The topological polar surface area (TPSA) is 0 Å². The summed E-state index contributed by atoms with van der Waals surface area (Å²) in [6.07, 6.45) is 6.62. The second-order valence-corrected chi connectivity index (χ2v) is 3.95. The minimum atomic E-state index is 0.511. The quantitative estimate of drug-likeness (QED) is 0.542. The van der Waals surface area contributed by atoms with E-state index in [9.17, 15) is 0 Å². The molecule has 0 aromatic carbocycles. The third-order valence-electron chi connectivity index (χ3n) is 3.06. The van der Waals surface area contributed by atoms with Crippen molar-refractivity contribution in [1.82, 2.24) is 0 Å². The van der Waals surface area contributed by atoms with Crippen LogP contribution in [0.25, 0.3) is 0 Å². The first kappa shape index (κ1) is 9.16. The van der Waals surface area contributed by atoms with Gasteiger partial charge in [-0.15, -0.1) is 0 Å². The van der Waals surface area contributed by atoms with E-state index in [0.717, 1.165) is 11.8 Å². The van der Waals surface area contributed by atoms with Crippen LogP contribution in [-0.2, 0) is 0 Å². The van der Waals surface area contributed by atoms with Gasteiger partial charge in [-0.05, 0) is 11.8 Å². The van der Waals surface area contributed by atoms with Crippen LogP contribution >= 0.6 is 0 Å². The smallest absolute Gasteiger partial charge is 0.0699 e. The van der Waals surface area contributed by atoms with Gasteiger partial charge in [0.05, 0.1) is 7.85 Å². The van der Waals surface area contributed by atoms with Crippen LogP contribution in [0.4, 0.5) is 0 Å². The number of hydrogen-bond acceptors (Lipinski definition) is 0. The van der Waals surface area contributed by atoms with E-state index in [1.54, 1.807) is 0 Å². The molecule has 1 fully saturated rings. The lowest BCUT2D eigenvalue weighted by molar-refractivity contribution is 0.352. The summed E-state index contributed by atoms with van der Waals surface area (Å²) >= 11 is 0. The second kappa shape index (κ2) is 4.18. The monoisotopic (exact) mass is 150 g/mol. The predicted octanol–water partition coefficient (Wildman–Crippen LogP) is 3.18. The average Bonchev–Trinajstić information content (AvgIpc) is 2.32. The van der Waals surface area contributed by atoms with Crippen LogP contribution in [0.1, 0.15) is 46.0 Å². The maximum Gasteiger partial charge on any atom is 0.0699 e. The molecule has 62 valence electrons. The fourth-order valence-corrected chi connectivity index (χ4v) is 2.48. The SMILES string of the molecule is [B][C@H]1C[C@@H](CC)[C@@H](CCC)C1. The first-order valence-corrected chi connectivity index (χ1v) is 5.03. The first-order valence-electron chi connectivity index (χ1n) is 5.03. The molecule has 0 aromatic heterocycles. The van der Waals surface area contributed by atoms with Gasteiger partial charge in [-0.3, -0.25) is 0 Å². The van der Waals surface area contributed by atoms with Gasteiger partial charge in [0.1, 0.15) is 0 Å². The second-order valence-electron chi connectivity index (χ2n) is 3.95. The summed E-state index contributed by atoms with van der Waals surface area (Å²) in [5.74, 6) is 2.39. The fourth-order valence-electron chi connectivity index (χ4n) is 2.48. The van der Waals surface area contributed by atoms with E-state index in [1.165, 1.54) is 32.1 Å². The van der Waals surface area contributed by atoms with E-state index in [1.807, 2.05) is 0 Å².